The van der Waals surface area contributed by atoms with Gasteiger partial charge in [-0.05, 0) is 6.92 Å². The van der Waals surface area contributed by atoms with Crippen molar-refractivity contribution in [2.75, 3.05) is 26.4 Å². The SMILES string of the molecule is CCOC(=O)c1nn(C)cc1C1COCCN1. The molecule has 0 radical (unpaired) electrons. The average Bonchev–Trinajstić information content (AvgIpc) is 2.73. The molecule has 1 atom stereocenters. The van der Waals surface area contributed by atoms with Gasteiger partial charge in [-0.1, -0.05) is 0 Å². The van der Waals surface area contributed by atoms with Gasteiger partial charge in [-0.25, -0.2) is 4.79 Å². The molecule has 0 amide bonds. The van der Waals surface area contributed by atoms with Gasteiger partial charge in [0.2, 0.25) is 0 Å². The van der Waals surface area contributed by atoms with E-state index >= 15 is 0 Å². The summed E-state index contributed by atoms with van der Waals surface area (Å²) < 4.78 is 12.0. The lowest BCUT2D eigenvalue weighted by molar-refractivity contribution is 0.0508. The number of morpholine rings is 1. The maximum atomic E-state index is 11.8. The van der Waals surface area contributed by atoms with E-state index in [1.54, 1.807) is 18.7 Å². The van der Waals surface area contributed by atoms with Crippen molar-refractivity contribution in [2.24, 2.45) is 7.05 Å². The third-order valence-electron chi connectivity index (χ3n) is 2.62. The van der Waals surface area contributed by atoms with Crippen molar-refractivity contribution in [1.29, 1.82) is 0 Å². The number of ether oxygens (including phenoxy) is 2. The summed E-state index contributed by atoms with van der Waals surface area (Å²) in [6.45, 7) is 4.16. The normalized spacial score (nSPS) is 20.2. The molecule has 6 heteroatoms. The molecule has 2 heterocycles. The van der Waals surface area contributed by atoms with E-state index < -0.39 is 0 Å². The summed E-state index contributed by atoms with van der Waals surface area (Å²) in [5.74, 6) is -0.379. The monoisotopic (exact) mass is 239 g/mol. The Kier molecular flexibility index (Phi) is 3.75. The van der Waals surface area contributed by atoms with Crippen LogP contribution in [-0.4, -0.2) is 42.1 Å². The zero-order valence-corrected chi connectivity index (χ0v) is 10.1. The van der Waals surface area contributed by atoms with Crippen LogP contribution in [0, 0.1) is 0 Å². The molecule has 0 bridgehead atoms. The Morgan fingerprint density at radius 3 is 3.24 bits per heavy atom. The second-order valence-corrected chi connectivity index (χ2v) is 3.91. The van der Waals surface area contributed by atoms with Gasteiger partial charge in [-0.15, -0.1) is 0 Å². The van der Waals surface area contributed by atoms with E-state index in [1.807, 2.05) is 6.20 Å². The number of carbonyl (C=O) groups excluding carboxylic acids is 1. The van der Waals surface area contributed by atoms with Crippen molar-refractivity contribution >= 4 is 5.97 Å². The Morgan fingerprint density at radius 1 is 1.76 bits per heavy atom. The average molecular weight is 239 g/mol. The number of nitrogens with zero attached hydrogens (tertiary/aromatic N) is 2. The van der Waals surface area contributed by atoms with Crippen LogP contribution < -0.4 is 5.32 Å². The maximum Gasteiger partial charge on any atom is 0.359 e. The number of nitrogens with one attached hydrogen (secondary N) is 1. The van der Waals surface area contributed by atoms with Crippen LogP contribution in [0.5, 0.6) is 0 Å². The Hall–Kier alpha value is -1.40. The van der Waals surface area contributed by atoms with Gasteiger partial charge in [-0.3, -0.25) is 4.68 Å². The molecule has 2 rings (SSSR count). The van der Waals surface area contributed by atoms with E-state index in [4.69, 9.17) is 9.47 Å². The molecule has 1 N–H and O–H groups in total. The van der Waals surface area contributed by atoms with Crippen molar-refractivity contribution < 1.29 is 14.3 Å². The number of hydrogen-bond acceptors (Lipinski definition) is 5. The van der Waals surface area contributed by atoms with Gasteiger partial charge in [0.15, 0.2) is 5.69 Å². The molecular weight excluding hydrogens is 222 g/mol. The molecule has 0 aromatic carbocycles. The summed E-state index contributed by atoms with van der Waals surface area (Å²) in [6.07, 6.45) is 1.83. The molecule has 0 aliphatic carbocycles. The third kappa shape index (κ3) is 2.65. The number of hydrogen-bond donors (Lipinski definition) is 1. The van der Waals surface area contributed by atoms with Gasteiger partial charge in [0, 0.05) is 25.4 Å². The van der Waals surface area contributed by atoms with Crippen molar-refractivity contribution in [3.8, 4) is 0 Å². The van der Waals surface area contributed by atoms with Gasteiger partial charge in [0.1, 0.15) is 0 Å². The van der Waals surface area contributed by atoms with Gasteiger partial charge in [0.25, 0.3) is 0 Å². The van der Waals surface area contributed by atoms with E-state index in [2.05, 4.69) is 10.4 Å². The Morgan fingerprint density at radius 2 is 2.59 bits per heavy atom. The molecule has 0 saturated carbocycles. The van der Waals surface area contributed by atoms with Crippen LogP contribution in [0.4, 0.5) is 0 Å². The highest BCUT2D eigenvalue weighted by molar-refractivity contribution is 5.89. The van der Waals surface area contributed by atoms with E-state index in [1.165, 1.54) is 0 Å². The first kappa shape index (κ1) is 12.1. The van der Waals surface area contributed by atoms with Crippen LogP contribution in [0.15, 0.2) is 6.20 Å². The summed E-state index contributed by atoms with van der Waals surface area (Å²) in [5, 5.41) is 7.45. The van der Waals surface area contributed by atoms with Crippen molar-refractivity contribution in [1.82, 2.24) is 15.1 Å². The molecule has 0 spiro atoms. The fourth-order valence-electron chi connectivity index (χ4n) is 1.89. The first-order chi connectivity index (χ1) is 8.22. The van der Waals surface area contributed by atoms with Crippen LogP contribution >= 0.6 is 0 Å². The molecule has 17 heavy (non-hydrogen) atoms. The molecule has 1 fully saturated rings. The van der Waals surface area contributed by atoms with Crippen LogP contribution in [0.25, 0.3) is 0 Å². The number of rotatable bonds is 3. The molecular formula is C11H17N3O3. The summed E-state index contributed by atoms with van der Waals surface area (Å²) in [4.78, 5) is 11.8. The molecule has 1 saturated heterocycles. The highest BCUT2D eigenvalue weighted by Gasteiger charge is 2.25. The first-order valence-corrected chi connectivity index (χ1v) is 5.74. The van der Waals surface area contributed by atoms with Gasteiger partial charge < -0.3 is 14.8 Å². The standard InChI is InChI=1S/C11H17N3O3/c1-3-17-11(15)10-8(6-14(2)13-10)9-7-16-5-4-12-9/h6,9,12H,3-5,7H2,1-2H3. The minimum atomic E-state index is -0.379. The number of aryl methyl sites for hydroxylation is 1. The summed E-state index contributed by atoms with van der Waals surface area (Å²) in [7, 11) is 1.79. The largest absolute Gasteiger partial charge is 0.461 e. The smallest absolute Gasteiger partial charge is 0.359 e. The predicted molar refractivity (Wildman–Crippen MR) is 60.7 cm³/mol. The lowest BCUT2D eigenvalue weighted by atomic mass is 10.1. The van der Waals surface area contributed by atoms with E-state index in [0.717, 1.165) is 12.1 Å². The van der Waals surface area contributed by atoms with Crippen LogP contribution in [0.2, 0.25) is 0 Å². The molecule has 1 aromatic rings. The van der Waals surface area contributed by atoms with E-state index in [0.29, 0.717) is 25.5 Å². The summed E-state index contributed by atoms with van der Waals surface area (Å²) >= 11 is 0. The Labute approximate surface area is 99.9 Å². The van der Waals surface area contributed by atoms with Crippen LogP contribution in [0.3, 0.4) is 0 Å². The molecule has 94 valence electrons. The zero-order chi connectivity index (χ0) is 12.3. The topological polar surface area (TPSA) is 65.4 Å². The molecule has 6 nitrogen and oxygen atoms in total. The lowest BCUT2D eigenvalue weighted by Crippen LogP contribution is -2.35. The number of carbonyl (C=O) groups is 1. The number of esters is 1. The predicted octanol–water partition coefficient (Wildman–Crippen LogP) is 0.258. The fraction of sp³-hybridized carbons (Fsp3) is 0.636. The van der Waals surface area contributed by atoms with Crippen LogP contribution in [0.1, 0.15) is 29.0 Å². The summed E-state index contributed by atoms with van der Waals surface area (Å²) in [5.41, 5.74) is 1.21. The fourth-order valence-corrected chi connectivity index (χ4v) is 1.89. The minimum Gasteiger partial charge on any atom is -0.461 e. The highest BCUT2D eigenvalue weighted by Crippen LogP contribution is 2.19. The Balaban J connectivity index is 2.22. The molecule has 1 aromatic heterocycles. The van der Waals surface area contributed by atoms with Gasteiger partial charge in [0.05, 0.1) is 25.9 Å². The number of aromatic nitrogens is 2. The van der Waals surface area contributed by atoms with Crippen molar-refractivity contribution in [3.63, 3.8) is 0 Å². The van der Waals surface area contributed by atoms with E-state index in [-0.39, 0.29) is 12.0 Å². The minimum absolute atomic E-state index is 0.0110. The van der Waals surface area contributed by atoms with Crippen molar-refractivity contribution in [2.45, 2.75) is 13.0 Å². The van der Waals surface area contributed by atoms with Gasteiger partial charge >= 0.3 is 5.97 Å². The molecule has 1 unspecified atom stereocenters. The van der Waals surface area contributed by atoms with Crippen molar-refractivity contribution in [3.05, 3.63) is 17.5 Å². The second kappa shape index (κ2) is 5.29. The maximum absolute atomic E-state index is 11.8. The highest BCUT2D eigenvalue weighted by atomic mass is 16.5. The Bertz CT molecular complexity index is 397. The quantitative estimate of drug-likeness (QED) is 0.766. The van der Waals surface area contributed by atoms with Crippen LogP contribution in [-0.2, 0) is 16.5 Å². The zero-order valence-electron chi connectivity index (χ0n) is 10.1. The summed E-state index contributed by atoms with van der Waals surface area (Å²) in [6, 6.07) is 0.0110. The lowest BCUT2D eigenvalue weighted by Gasteiger charge is -2.23. The van der Waals surface area contributed by atoms with E-state index in [9.17, 15) is 4.79 Å². The second-order valence-electron chi connectivity index (χ2n) is 3.91. The molecule has 1 aliphatic heterocycles. The first-order valence-electron chi connectivity index (χ1n) is 5.74. The molecule has 1 aliphatic rings. The van der Waals surface area contributed by atoms with Gasteiger partial charge in [-0.2, -0.15) is 5.10 Å². The third-order valence-corrected chi connectivity index (χ3v) is 2.62.